The molecule has 0 radical (unpaired) electrons. The molecule has 1 N–H and O–H groups in total. The predicted molar refractivity (Wildman–Crippen MR) is 244 cm³/mol. The molecule has 0 spiro atoms. The lowest BCUT2D eigenvalue weighted by molar-refractivity contribution is 0.477. The molecule has 0 aliphatic carbocycles. The Hall–Kier alpha value is -6.26. The smallest absolute Gasteiger partial charge is 0.149 e. The average molecular weight is 768 g/mol. The highest BCUT2D eigenvalue weighted by Gasteiger charge is 2.25. The first-order valence-corrected chi connectivity index (χ1v) is 19.6. The summed E-state index contributed by atoms with van der Waals surface area (Å²) in [4.78, 5) is 10.1. The number of rotatable bonds is 7. The van der Waals surface area contributed by atoms with Gasteiger partial charge in [-0.25, -0.2) is 4.98 Å². The zero-order valence-electron chi connectivity index (χ0n) is 42.3. The van der Waals surface area contributed by atoms with Gasteiger partial charge in [-0.05, 0) is 123 Å². The van der Waals surface area contributed by atoms with Crippen molar-refractivity contribution in [3.8, 4) is 67.5 Å². The van der Waals surface area contributed by atoms with Crippen LogP contribution in [0.1, 0.15) is 94.5 Å². The number of imidazole rings is 1. The molecule has 0 atom stereocenters. The van der Waals surface area contributed by atoms with E-state index in [4.69, 9.17) is 19.6 Å². The lowest BCUT2D eigenvalue weighted by atomic mass is 9.80. The molecule has 58 heavy (non-hydrogen) atoms. The van der Waals surface area contributed by atoms with Gasteiger partial charge in [-0.15, -0.1) is 0 Å². The van der Waals surface area contributed by atoms with Gasteiger partial charge in [0.05, 0.1) is 27.8 Å². The Labute approximate surface area is 355 Å². The molecule has 0 unspecified atom stereocenters. The summed E-state index contributed by atoms with van der Waals surface area (Å²) in [5.41, 5.74) is 10.1. The second-order valence-electron chi connectivity index (χ2n) is 17.2. The third kappa shape index (κ3) is 7.36. The van der Waals surface area contributed by atoms with Crippen LogP contribution in [0.3, 0.4) is 0 Å². The summed E-state index contributed by atoms with van der Waals surface area (Å²) in [5.74, 6) is -0.385. The summed E-state index contributed by atoms with van der Waals surface area (Å²) in [6, 6.07) is 35.2. The molecule has 2 heterocycles. The fourth-order valence-corrected chi connectivity index (χ4v) is 7.69. The number of phenols is 1. The molecule has 6 aromatic carbocycles. The number of nitrogens with zero attached hydrogens (tertiary/aromatic N) is 3. The maximum absolute atomic E-state index is 11.4. The first-order chi connectivity index (χ1) is 30.9. The van der Waals surface area contributed by atoms with Crippen LogP contribution in [-0.2, 0) is 10.8 Å². The molecule has 4 heteroatoms. The van der Waals surface area contributed by atoms with Crippen LogP contribution in [0, 0.1) is 6.85 Å². The Morgan fingerprint density at radius 1 is 0.655 bits per heavy atom. The fourth-order valence-electron chi connectivity index (χ4n) is 7.69. The van der Waals surface area contributed by atoms with E-state index in [1.165, 1.54) is 5.56 Å². The van der Waals surface area contributed by atoms with Crippen LogP contribution in [0.15, 0.2) is 146 Å². The van der Waals surface area contributed by atoms with Crippen molar-refractivity contribution in [1.82, 2.24) is 14.5 Å². The number of aromatic hydroxyl groups is 1. The van der Waals surface area contributed by atoms with E-state index < -0.39 is 42.5 Å². The van der Waals surface area contributed by atoms with E-state index in [1.54, 1.807) is 30.5 Å². The molecule has 8 rings (SSSR count). The van der Waals surface area contributed by atoms with Gasteiger partial charge in [0.1, 0.15) is 11.6 Å². The summed E-state index contributed by atoms with van der Waals surface area (Å²) in [7, 11) is 0. The Morgan fingerprint density at radius 2 is 1.36 bits per heavy atom. The number of hydrogen-bond acceptors (Lipinski definition) is 3. The largest absolute Gasteiger partial charge is 0.507 e. The van der Waals surface area contributed by atoms with Crippen LogP contribution in [0.4, 0.5) is 0 Å². The van der Waals surface area contributed by atoms with Gasteiger partial charge in [0, 0.05) is 28.5 Å². The van der Waals surface area contributed by atoms with Crippen LogP contribution in [0.25, 0.3) is 72.7 Å². The van der Waals surface area contributed by atoms with Gasteiger partial charge in [-0.3, -0.25) is 9.55 Å². The third-order valence-electron chi connectivity index (χ3n) is 10.7. The van der Waals surface area contributed by atoms with E-state index in [1.807, 2.05) is 56.3 Å². The lowest BCUT2D eigenvalue weighted by Crippen LogP contribution is -2.13. The Morgan fingerprint density at radius 3 is 2.07 bits per heavy atom. The minimum absolute atomic E-state index is 0.00995. The van der Waals surface area contributed by atoms with E-state index in [0.29, 0.717) is 28.2 Å². The van der Waals surface area contributed by atoms with Crippen molar-refractivity contribution < 1.29 is 16.1 Å². The van der Waals surface area contributed by atoms with Crippen molar-refractivity contribution in [2.45, 2.75) is 79.0 Å². The van der Waals surface area contributed by atoms with Crippen LogP contribution >= 0.6 is 0 Å². The first-order valence-electron chi connectivity index (χ1n) is 23.6. The number of phenolic OH excluding ortho intramolecular Hbond substituents is 1. The van der Waals surface area contributed by atoms with Crippen molar-refractivity contribution in [2.75, 3.05) is 0 Å². The Bertz CT molecular complexity index is 3170. The third-order valence-corrected chi connectivity index (χ3v) is 10.7. The zero-order valence-corrected chi connectivity index (χ0v) is 34.3. The van der Waals surface area contributed by atoms with E-state index in [-0.39, 0.29) is 22.1 Å². The number of fused-ring (bicyclic) bond motifs is 1. The van der Waals surface area contributed by atoms with Crippen LogP contribution in [-0.4, -0.2) is 19.6 Å². The molecule has 0 aliphatic heterocycles. The summed E-state index contributed by atoms with van der Waals surface area (Å²) >= 11 is 0. The van der Waals surface area contributed by atoms with Crippen molar-refractivity contribution in [3.05, 3.63) is 168 Å². The van der Waals surface area contributed by atoms with Crippen molar-refractivity contribution >= 4 is 11.0 Å². The van der Waals surface area contributed by atoms with Gasteiger partial charge >= 0.3 is 0 Å². The minimum atomic E-state index is -2.82. The first kappa shape index (κ1) is 29.9. The Kier molecular flexibility index (Phi) is 7.69. The maximum atomic E-state index is 11.4. The molecule has 4 nitrogen and oxygen atoms in total. The van der Waals surface area contributed by atoms with Crippen molar-refractivity contribution in [2.24, 2.45) is 0 Å². The zero-order chi connectivity index (χ0) is 47.8. The van der Waals surface area contributed by atoms with Gasteiger partial charge in [0.15, 0.2) is 0 Å². The highest BCUT2D eigenvalue weighted by Crippen LogP contribution is 2.42. The van der Waals surface area contributed by atoms with Crippen LogP contribution in [0.2, 0.25) is 0 Å². The van der Waals surface area contributed by atoms with Crippen LogP contribution in [0.5, 0.6) is 5.75 Å². The standard InChI is InChI=1S/C54H53N3O/c1-34(2)46-33-41(25-26-43(46)44-15-10-12-18-47(44)54(7,8)9)57-49-19-14-17-42(51(49)56-52(57)45-16-11-13-20-50(45)58)38-29-39(31-40(30-38)53(4,5)6)48-32-37(27-28-55-48)36-23-21-35(3)22-24-36/h10-34,58H,1-9H3/i3D3,21D,22D,23D,24D,34D. The fraction of sp³-hybridized carbons (Fsp3) is 0.222. The van der Waals surface area contributed by atoms with Crippen molar-refractivity contribution in [1.29, 1.82) is 0 Å². The normalized spacial score (nSPS) is 14.5. The molecule has 0 bridgehead atoms. The second-order valence-corrected chi connectivity index (χ2v) is 17.2. The SMILES string of the molecule is [2H]c1c([2H])c(C([2H])([2H])[2H])c([2H])c([2H])c1-c1ccnc(-c2cc(-c3cccc4c3nc(-c3ccccc3O)n4-c3ccc(-c4ccccc4C(C)(C)C)c(C([2H])(C)C)c3)cc(C(C)(C)C)c2)c1. The molecule has 2 aromatic heterocycles. The molecule has 0 aliphatic rings. The molecule has 0 fully saturated rings. The topological polar surface area (TPSA) is 50.9 Å². The van der Waals surface area contributed by atoms with Gasteiger partial charge in [-0.2, -0.15) is 0 Å². The number of aromatic nitrogens is 3. The lowest BCUT2D eigenvalue weighted by Gasteiger charge is -2.25. The molecule has 0 saturated carbocycles. The molecular formula is C54H53N3O. The number of para-hydroxylation sites is 2. The second kappa shape index (κ2) is 14.9. The van der Waals surface area contributed by atoms with E-state index in [0.717, 1.165) is 50.1 Å². The van der Waals surface area contributed by atoms with E-state index in [9.17, 15) is 6.48 Å². The van der Waals surface area contributed by atoms with Gasteiger partial charge < -0.3 is 5.11 Å². The molecule has 8 aromatic rings. The minimum Gasteiger partial charge on any atom is -0.507 e. The molecule has 0 saturated heterocycles. The maximum Gasteiger partial charge on any atom is 0.149 e. The predicted octanol–water partition coefficient (Wildman–Crippen LogP) is 14.5. The van der Waals surface area contributed by atoms with Gasteiger partial charge in [0.2, 0.25) is 0 Å². The van der Waals surface area contributed by atoms with Gasteiger partial charge in [-0.1, -0.05) is 146 Å². The van der Waals surface area contributed by atoms with Crippen molar-refractivity contribution in [3.63, 3.8) is 0 Å². The summed E-state index contributed by atoms with van der Waals surface area (Å²) < 4.78 is 69.8. The molecule has 0 amide bonds. The summed E-state index contributed by atoms with van der Waals surface area (Å²) in [5, 5.41) is 11.4. The quantitative estimate of drug-likeness (QED) is 0.176. The van der Waals surface area contributed by atoms with E-state index in [2.05, 4.69) is 94.6 Å². The number of pyridine rings is 1. The summed E-state index contributed by atoms with van der Waals surface area (Å²) in [6.07, 6.45) is 1.55. The highest BCUT2D eigenvalue weighted by atomic mass is 16.3. The van der Waals surface area contributed by atoms with Crippen LogP contribution < -0.4 is 0 Å². The highest BCUT2D eigenvalue weighted by molar-refractivity contribution is 5.97. The van der Waals surface area contributed by atoms with E-state index >= 15 is 0 Å². The average Bonchev–Trinajstić information content (AvgIpc) is 3.64. The summed E-state index contributed by atoms with van der Waals surface area (Å²) in [6.45, 7) is 13.9. The molecular weight excluding hydrogens is 707 g/mol. The Balaban J connectivity index is 1.35. The number of benzene rings is 6. The number of hydrogen-bond donors (Lipinski definition) is 1. The van der Waals surface area contributed by atoms with Gasteiger partial charge in [0.25, 0.3) is 0 Å². The monoisotopic (exact) mass is 767 g/mol. The molecule has 290 valence electrons.